The van der Waals surface area contributed by atoms with Crippen LogP contribution in [0.5, 0.6) is 0 Å². The van der Waals surface area contributed by atoms with Crippen LogP contribution in [0.25, 0.3) is 0 Å². The molecule has 3 rings (SSSR count). The first kappa shape index (κ1) is 13.1. The number of carbonyl (C=O) groups is 1. The van der Waals surface area contributed by atoms with Crippen LogP contribution < -0.4 is 5.73 Å². The monoisotopic (exact) mass is 280 g/mol. The fourth-order valence-electron chi connectivity index (χ4n) is 2.99. The van der Waals surface area contributed by atoms with Crippen LogP contribution in [-0.4, -0.2) is 36.5 Å². The molecule has 1 amide bonds. The third-order valence-electron chi connectivity index (χ3n) is 4.09. The second-order valence-corrected chi connectivity index (χ2v) is 6.64. The van der Waals surface area contributed by atoms with Crippen molar-refractivity contribution >= 4 is 17.2 Å². The first-order valence-corrected chi connectivity index (χ1v) is 7.71. The molecule has 2 N–H and O–H groups in total. The summed E-state index contributed by atoms with van der Waals surface area (Å²) in [7, 11) is 0. The molecule has 0 bridgehead atoms. The van der Waals surface area contributed by atoms with Gasteiger partial charge in [0.2, 0.25) is 0 Å². The van der Waals surface area contributed by atoms with Crippen LogP contribution >= 0.6 is 11.3 Å². The van der Waals surface area contributed by atoms with Gasteiger partial charge in [0, 0.05) is 23.9 Å². The summed E-state index contributed by atoms with van der Waals surface area (Å²) >= 11 is 1.64. The molecule has 0 saturated carbocycles. The summed E-state index contributed by atoms with van der Waals surface area (Å²) in [5.41, 5.74) is 6.92. The molecule has 0 aromatic carbocycles. The molecule has 19 heavy (non-hydrogen) atoms. The summed E-state index contributed by atoms with van der Waals surface area (Å²) in [6.45, 7) is 5.01. The maximum Gasteiger partial charge on any atom is 0.264 e. The molecule has 4 nitrogen and oxygen atoms in total. The summed E-state index contributed by atoms with van der Waals surface area (Å²) in [4.78, 5) is 16.8. The Hall–Kier alpha value is -0.910. The van der Waals surface area contributed by atoms with Crippen LogP contribution in [0.1, 0.15) is 33.5 Å². The highest BCUT2D eigenvalue weighted by Gasteiger charge is 2.33. The number of amides is 1. The molecule has 2 atom stereocenters. The van der Waals surface area contributed by atoms with E-state index in [2.05, 4.69) is 6.92 Å². The lowest BCUT2D eigenvalue weighted by Gasteiger charge is -2.20. The lowest BCUT2D eigenvalue weighted by Crippen LogP contribution is -2.33. The van der Waals surface area contributed by atoms with Crippen LogP contribution in [0.15, 0.2) is 6.07 Å². The molecule has 2 unspecified atom stereocenters. The van der Waals surface area contributed by atoms with Gasteiger partial charge in [-0.15, -0.1) is 11.3 Å². The van der Waals surface area contributed by atoms with E-state index in [1.54, 1.807) is 11.3 Å². The van der Waals surface area contributed by atoms with Crippen LogP contribution in [0, 0.1) is 5.92 Å². The van der Waals surface area contributed by atoms with Crippen molar-refractivity contribution in [1.29, 1.82) is 0 Å². The van der Waals surface area contributed by atoms with E-state index in [0.29, 0.717) is 25.1 Å². The average molecular weight is 280 g/mol. The predicted octanol–water partition coefficient (Wildman–Crippen LogP) is 1.63. The molecule has 1 saturated heterocycles. The highest BCUT2D eigenvalue weighted by Crippen LogP contribution is 2.30. The molecule has 2 aliphatic rings. The molecule has 3 heterocycles. The Morgan fingerprint density at radius 3 is 3.16 bits per heavy atom. The van der Waals surface area contributed by atoms with Gasteiger partial charge in [0.05, 0.1) is 18.1 Å². The van der Waals surface area contributed by atoms with Crippen molar-refractivity contribution in [3.63, 3.8) is 0 Å². The molecule has 0 aliphatic carbocycles. The minimum Gasteiger partial charge on any atom is -0.376 e. The number of thiophene rings is 1. The quantitative estimate of drug-likeness (QED) is 0.896. The van der Waals surface area contributed by atoms with E-state index >= 15 is 0 Å². The van der Waals surface area contributed by atoms with Gasteiger partial charge in [0.15, 0.2) is 0 Å². The number of fused-ring (bicyclic) bond motifs is 1. The third kappa shape index (κ3) is 2.42. The predicted molar refractivity (Wildman–Crippen MR) is 75.3 cm³/mol. The number of ether oxygens (including phenoxy) is 1. The number of hydrogen-bond donors (Lipinski definition) is 1. The highest BCUT2D eigenvalue weighted by molar-refractivity contribution is 7.14. The number of carbonyl (C=O) groups excluding carboxylic acids is 1. The van der Waals surface area contributed by atoms with Gasteiger partial charge in [-0.05, 0) is 37.4 Å². The molecule has 1 aromatic rings. The molecule has 0 radical (unpaired) electrons. The second kappa shape index (κ2) is 5.23. The molecular weight excluding hydrogens is 260 g/mol. The lowest BCUT2D eigenvalue weighted by molar-refractivity contribution is 0.0748. The largest absolute Gasteiger partial charge is 0.376 e. The SMILES string of the molecule is CC1CC(CN)CN1C(=O)c1cc2c(s1)CCOC2. The molecule has 1 fully saturated rings. The van der Waals surface area contributed by atoms with Gasteiger partial charge in [0.1, 0.15) is 0 Å². The van der Waals surface area contributed by atoms with Gasteiger partial charge in [-0.2, -0.15) is 0 Å². The van der Waals surface area contributed by atoms with Gasteiger partial charge in [0.25, 0.3) is 5.91 Å². The third-order valence-corrected chi connectivity index (χ3v) is 5.32. The van der Waals surface area contributed by atoms with Gasteiger partial charge in [-0.3, -0.25) is 4.79 Å². The molecule has 1 aromatic heterocycles. The van der Waals surface area contributed by atoms with E-state index in [0.717, 1.165) is 30.9 Å². The Morgan fingerprint density at radius 2 is 2.47 bits per heavy atom. The van der Waals surface area contributed by atoms with E-state index in [1.165, 1.54) is 10.4 Å². The second-order valence-electron chi connectivity index (χ2n) is 5.51. The van der Waals surface area contributed by atoms with Crippen molar-refractivity contribution in [2.45, 2.75) is 32.4 Å². The fraction of sp³-hybridized carbons (Fsp3) is 0.643. The van der Waals surface area contributed by atoms with E-state index in [4.69, 9.17) is 10.5 Å². The fourth-order valence-corrected chi connectivity index (χ4v) is 4.10. The summed E-state index contributed by atoms with van der Waals surface area (Å²) in [5.74, 6) is 0.625. The zero-order valence-corrected chi connectivity index (χ0v) is 12.0. The Bertz CT molecular complexity index is 462. The smallest absolute Gasteiger partial charge is 0.264 e. The van der Waals surface area contributed by atoms with E-state index in [1.807, 2.05) is 11.0 Å². The minimum atomic E-state index is 0.169. The number of nitrogens with zero attached hydrogens (tertiary/aromatic N) is 1. The van der Waals surface area contributed by atoms with Crippen LogP contribution in [0.2, 0.25) is 0 Å². The minimum absolute atomic E-state index is 0.169. The van der Waals surface area contributed by atoms with Gasteiger partial charge >= 0.3 is 0 Å². The van der Waals surface area contributed by atoms with Crippen LogP contribution in [0.3, 0.4) is 0 Å². The maximum atomic E-state index is 12.6. The van der Waals surface area contributed by atoms with Crippen molar-refractivity contribution < 1.29 is 9.53 Å². The number of nitrogens with two attached hydrogens (primary N) is 1. The maximum absolute atomic E-state index is 12.6. The van der Waals surface area contributed by atoms with Crippen molar-refractivity contribution in [1.82, 2.24) is 4.90 Å². The Kier molecular flexibility index (Phi) is 3.60. The van der Waals surface area contributed by atoms with Crippen molar-refractivity contribution in [3.05, 3.63) is 21.4 Å². The summed E-state index contributed by atoms with van der Waals surface area (Å²) in [6, 6.07) is 2.32. The zero-order valence-electron chi connectivity index (χ0n) is 11.2. The van der Waals surface area contributed by atoms with Crippen molar-refractivity contribution in [3.8, 4) is 0 Å². The first-order valence-electron chi connectivity index (χ1n) is 6.89. The topological polar surface area (TPSA) is 55.6 Å². The molecular formula is C14H20N2O2S. The summed E-state index contributed by atoms with van der Waals surface area (Å²) in [5, 5.41) is 0. The normalized spacial score (nSPS) is 26.5. The zero-order chi connectivity index (χ0) is 13.4. The molecule has 0 spiro atoms. The summed E-state index contributed by atoms with van der Waals surface area (Å²) in [6.07, 6.45) is 1.96. The number of rotatable bonds is 2. The van der Waals surface area contributed by atoms with E-state index in [-0.39, 0.29) is 5.91 Å². The van der Waals surface area contributed by atoms with Crippen LogP contribution in [0.4, 0.5) is 0 Å². The summed E-state index contributed by atoms with van der Waals surface area (Å²) < 4.78 is 5.44. The number of likely N-dealkylation sites (tertiary alicyclic amines) is 1. The first-order chi connectivity index (χ1) is 9.19. The highest BCUT2D eigenvalue weighted by atomic mass is 32.1. The average Bonchev–Trinajstić information content (AvgIpc) is 3.01. The Morgan fingerprint density at radius 1 is 1.63 bits per heavy atom. The lowest BCUT2D eigenvalue weighted by atomic mass is 10.1. The molecule has 5 heteroatoms. The van der Waals surface area contributed by atoms with Crippen molar-refractivity contribution in [2.75, 3.05) is 19.7 Å². The van der Waals surface area contributed by atoms with Crippen LogP contribution in [-0.2, 0) is 17.8 Å². The van der Waals surface area contributed by atoms with E-state index < -0.39 is 0 Å². The Labute approximate surface area is 117 Å². The van der Waals surface area contributed by atoms with Gasteiger partial charge < -0.3 is 15.4 Å². The molecule has 104 valence electrons. The van der Waals surface area contributed by atoms with Gasteiger partial charge in [-0.25, -0.2) is 0 Å². The standard InChI is InChI=1S/C14H20N2O2S/c1-9-4-10(6-15)7-16(9)14(17)13-5-11-8-18-3-2-12(11)19-13/h5,9-10H,2-4,6-8,15H2,1H3. The van der Waals surface area contributed by atoms with E-state index in [9.17, 15) is 4.79 Å². The molecule has 2 aliphatic heterocycles. The van der Waals surface area contributed by atoms with Gasteiger partial charge in [-0.1, -0.05) is 0 Å². The van der Waals surface area contributed by atoms with Crippen molar-refractivity contribution in [2.24, 2.45) is 11.7 Å². The Balaban J connectivity index is 1.78. The number of hydrogen-bond acceptors (Lipinski definition) is 4.